The van der Waals surface area contributed by atoms with E-state index in [0.717, 1.165) is 11.1 Å². The fourth-order valence-electron chi connectivity index (χ4n) is 4.82. The first-order chi connectivity index (χ1) is 21.3. The minimum absolute atomic E-state index is 0.0640. The maximum atomic E-state index is 14.4. The number of carbonyl (C=O) groups is 2. The summed E-state index contributed by atoms with van der Waals surface area (Å²) >= 11 is 6.16. The Bertz CT molecular complexity index is 1550. The lowest BCUT2D eigenvalue weighted by Gasteiger charge is -2.32. The maximum absolute atomic E-state index is 14.4. The molecular formula is C34H35ClN2O7. The minimum atomic E-state index is -1.14. The van der Waals surface area contributed by atoms with Crippen LogP contribution in [0.3, 0.4) is 0 Å². The van der Waals surface area contributed by atoms with E-state index in [2.05, 4.69) is 5.32 Å². The molecule has 4 rings (SSSR count). The zero-order chi connectivity index (χ0) is 31.6. The summed E-state index contributed by atoms with van der Waals surface area (Å²) in [7, 11) is 7.52. The van der Waals surface area contributed by atoms with Crippen LogP contribution >= 0.6 is 11.6 Å². The molecule has 1 atom stereocenters. The standard InChI is InChI=1S/C34H35ClN2O7/c1-40-26-15-16-27(28(20-26)41-2)36-34(39)32(24-18-29(42-3)33(44-5)30(19-24)43-4)37(21-23-11-13-25(35)14-12-23)31(38)17-22-9-7-6-8-10-22/h6-16,18-20,32H,17,21H2,1-5H3,(H,36,39). The Morgan fingerprint density at radius 1 is 0.727 bits per heavy atom. The van der Waals surface area contributed by atoms with Crippen LogP contribution < -0.4 is 29.0 Å². The number of rotatable bonds is 13. The summed E-state index contributed by atoms with van der Waals surface area (Å²) in [4.78, 5) is 30.1. The molecule has 10 heteroatoms. The Balaban J connectivity index is 1.87. The summed E-state index contributed by atoms with van der Waals surface area (Å²) in [6, 6.07) is 23.7. The van der Waals surface area contributed by atoms with Gasteiger partial charge in [0.1, 0.15) is 17.5 Å². The van der Waals surface area contributed by atoms with Gasteiger partial charge in [-0.3, -0.25) is 9.59 Å². The van der Waals surface area contributed by atoms with E-state index in [1.54, 1.807) is 49.6 Å². The van der Waals surface area contributed by atoms with Gasteiger partial charge in [0.25, 0.3) is 5.91 Å². The maximum Gasteiger partial charge on any atom is 0.251 e. The van der Waals surface area contributed by atoms with Gasteiger partial charge in [-0.05, 0) is 53.1 Å². The van der Waals surface area contributed by atoms with Crippen molar-refractivity contribution in [3.63, 3.8) is 0 Å². The van der Waals surface area contributed by atoms with Gasteiger partial charge >= 0.3 is 0 Å². The van der Waals surface area contributed by atoms with Crippen LogP contribution in [-0.4, -0.2) is 52.3 Å². The molecule has 4 aromatic rings. The second-order valence-corrected chi connectivity index (χ2v) is 10.2. The van der Waals surface area contributed by atoms with Crippen molar-refractivity contribution in [1.82, 2.24) is 4.90 Å². The molecule has 1 unspecified atom stereocenters. The fourth-order valence-corrected chi connectivity index (χ4v) is 4.94. The largest absolute Gasteiger partial charge is 0.497 e. The molecule has 0 fully saturated rings. The molecule has 0 aromatic heterocycles. The Hall–Kier alpha value is -4.89. The zero-order valence-electron chi connectivity index (χ0n) is 25.3. The van der Waals surface area contributed by atoms with E-state index in [-0.39, 0.29) is 18.9 Å². The van der Waals surface area contributed by atoms with Gasteiger partial charge in [-0.1, -0.05) is 54.1 Å². The van der Waals surface area contributed by atoms with Gasteiger partial charge < -0.3 is 33.9 Å². The number of hydrogen-bond acceptors (Lipinski definition) is 7. The molecule has 0 spiro atoms. The first-order valence-corrected chi connectivity index (χ1v) is 14.1. The quantitative estimate of drug-likeness (QED) is 0.187. The number of nitrogens with one attached hydrogen (secondary N) is 1. The zero-order valence-corrected chi connectivity index (χ0v) is 26.0. The highest BCUT2D eigenvalue weighted by molar-refractivity contribution is 6.30. The van der Waals surface area contributed by atoms with Gasteiger partial charge in [0.15, 0.2) is 11.5 Å². The summed E-state index contributed by atoms with van der Waals surface area (Å²) in [5, 5.41) is 3.52. The van der Waals surface area contributed by atoms with Gasteiger partial charge in [0.05, 0.1) is 47.7 Å². The Labute approximate surface area is 262 Å². The van der Waals surface area contributed by atoms with Crippen molar-refractivity contribution in [2.75, 3.05) is 40.9 Å². The molecule has 0 aliphatic rings. The smallest absolute Gasteiger partial charge is 0.251 e. The van der Waals surface area contributed by atoms with Gasteiger partial charge in [0, 0.05) is 17.6 Å². The highest BCUT2D eigenvalue weighted by Crippen LogP contribution is 2.42. The van der Waals surface area contributed by atoms with Gasteiger partial charge in [-0.2, -0.15) is 0 Å². The lowest BCUT2D eigenvalue weighted by molar-refractivity contribution is -0.139. The van der Waals surface area contributed by atoms with E-state index >= 15 is 0 Å². The van der Waals surface area contributed by atoms with E-state index < -0.39 is 11.9 Å². The second-order valence-electron chi connectivity index (χ2n) is 9.73. The number of ether oxygens (including phenoxy) is 5. The Kier molecular flexibility index (Phi) is 10.9. The Morgan fingerprint density at radius 3 is 1.93 bits per heavy atom. The highest BCUT2D eigenvalue weighted by atomic mass is 35.5. The third-order valence-corrected chi connectivity index (χ3v) is 7.27. The van der Waals surface area contributed by atoms with Crippen molar-refractivity contribution in [3.05, 3.63) is 107 Å². The molecule has 0 aliphatic carbocycles. The summed E-state index contributed by atoms with van der Waals surface area (Å²) in [5.41, 5.74) is 2.43. The number of carbonyl (C=O) groups excluding carboxylic acids is 2. The highest BCUT2D eigenvalue weighted by Gasteiger charge is 2.34. The van der Waals surface area contributed by atoms with Crippen LogP contribution in [0.1, 0.15) is 22.7 Å². The first-order valence-electron chi connectivity index (χ1n) is 13.7. The van der Waals surface area contributed by atoms with Gasteiger partial charge in [-0.25, -0.2) is 0 Å². The summed E-state index contributed by atoms with van der Waals surface area (Å²) in [6.45, 7) is 0.108. The number of amides is 2. The van der Waals surface area contributed by atoms with Crippen molar-refractivity contribution in [3.8, 4) is 28.7 Å². The number of methoxy groups -OCH3 is 5. The average Bonchev–Trinajstić information content (AvgIpc) is 3.05. The van der Waals surface area contributed by atoms with Crippen LogP contribution in [-0.2, 0) is 22.6 Å². The predicted molar refractivity (Wildman–Crippen MR) is 169 cm³/mol. The molecule has 0 saturated carbocycles. The fraction of sp³-hybridized carbons (Fsp3) is 0.235. The van der Waals surface area contributed by atoms with Crippen LogP contribution in [0.15, 0.2) is 84.9 Å². The Morgan fingerprint density at radius 2 is 1.36 bits per heavy atom. The van der Waals surface area contributed by atoms with E-state index in [0.29, 0.717) is 45.0 Å². The van der Waals surface area contributed by atoms with Crippen LogP contribution in [0.4, 0.5) is 5.69 Å². The van der Waals surface area contributed by atoms with Crippen LogP contribution in [0.5, 0.6) is 28.7 Å². The van der Waals surface area contributed by atoms with E-state index in [1.807, 2.05) is 42.5 Å². The van der Waals surface area contributed by atoms with E-state index in [4.69, 9.17) is 35.3 Å². The molecule has 230 valence electrons. The topological polar surface area (TPSA) is 95.6 Å². The summed E-state index contributed by atoms with van der Waals surface area (Å²) < 4.78 is 27.6. The number of benzene rings is 4. The minimum Gasteiger partial charge on any atom is -0.497 e. The van der Waals surface area contributed by atoms with Crippen molar-refractivity contribution in [2.24, 2.45) is 0 Å². The average molecular weight is 619 g/mol. The van der Waals surface area contributed by atoms with Crippen LogP contribution in [0.25, 0.3) is 0 Å². The van der Waals surface area contributed by atoms with E-state index in [9.17, 15) is 9.59 Å². The van der Waals surface area contributed by atoms with E-state index in [1.165, 1.54) is 33.3 Å². The molecule has 0 heterocycles. The first kappa shape index (κ1) is 32.0. The van der Waals surface area contributed by atoms with Gasteiger partial charge in [0.2, 0.25) is 11.7 Å². The molecule has 0 aliphatic heterocycles. The number of hydrogen-bond donors (Lipinski definition) is 1. The van der Waals surface area contributed by atoms with Crippen LogP contribution in [0.2, 0.25) is 5.02 Å². The van der Waals surface area contributed by atoms with Crippen LogP contribution in [0, 0.1) is 0 Å². The molecule has 4 aromatic carbocycles. The number of anilines is 1. The molecule has 9 nitrogen and oxygen atoms in total. The lowest BCUT2D eigenvalue weighted by Crippen LogP contribution is -2.41. The van der Waals surface area contributed by atoms with Crippen molar-refractivity contribution < 1.29 is 33.3 Å². The number of nitrogens with zero attached hydrogens (tertiary/aromatic N) is 1. The third kappa shape index (κ3) is 7.54. The van der Waals surface area contributed by atoms with Crippen molar-refractivity contribution in [2.45, 2.75) is 19.0 Å². The SMILES string of the molecule is COc1ccc(NC(=O)C(c2cc(OC)c(OC)c(OC)c2)N(Cc2ccc(Cl)cc2)C(=O)Cc2ccccc2)c(OC)c1. The second kappa shape index (κ2) is 15.0. The predicted octanol–water partition coefficient (Wildman–Crippen LogP) is 6.33. The third-order valence-electron chi connectivity index (χ3n) is 7.01. The molecule has 44 heavy (non-hydrogen) atoms. The molecular weight excluding hydrogens is 584 g/mol. The molecule has 2 amide bonds. The van der Waals surface area contributed by atoms with Crippen molar-refractivity contribution in [1.29, 1.82) is 0 Å². The van der Waals surface area contributed by atoms with Gasteiger partial charge in [-0.15, -0.1) is 0 Å². The summed E-state index contributed by atoms with van der Waals surface area (Å²) in [5.74, 6) is 1.21. The molecule has 1 N–H and O–H groups in total. The molecule has 0 bridgehead atoms. The monoisotopic (exact) mass is 618 g/mol. The lowest BCUT2D eigenvalue weighted by atomic mass is 10.00. The molecule has 0 saturated heterocycles. The number of halogens is 1. The molecule has 0 radical (unpaired) electrons. The van der Waals surface area contributed by atoms with Crippen molar-refractivity contribution >= 4 is 29.1 Å². The normalized spacial score (nSPS) is 11.2. The summed E-state index contributed by atoms with van der Waals surface area (Å²) in [6.07, 6.45) is 0.0640.